The van der Waals surface area contributed by atoms with Gasteiger partial charge in [-0.15, -0.1) is 11.3 Å². The Bertz CT molecular complexity index is 1580. The summed E-state index contributed by atoms with van der Waals surface area (Å²) >= 11 is 6.69. The van der Waals surface area contributed by atoms with E-state index in [1.807, 2.05) is 47.2 Å². The third kappa shape index (κ3) is 5.82. The Balaban J connectivity index is 1.26. The molecule has 3 heterocycles. The number of pyridine rings is 1. The number of aryl methyl sites for hydroxylation is 1. The number of benzene rings is 2. The largest absolute Gasteiger partial charge is 0.453 e. The number of fused-ring (bicyclic) bond motifs is 1. The fourth-order valence-corrected chi connectivity index (χ4v) is 4.93. The van der Waals surface area contributed by atoms with Gasteiger partial charge in [0.15, 0.2) is 16.7 Å². The van der Waals surface area contributed by atoms with E-state index in [9.17, 15) is 9.18 Å². The third-order valence-electron chi connectivity index (χ3n) is 5.50. The van der Waals surface area contributed by atoms with E-state index in [-0.39, 0.29) is 23.2 Å². The van der Waals surface area contributed by atoms with Gasteiger partial charge in [0.25, 0.3) is 0 Å². The highest BCUT2D eigenvalue weighted by atomic mass is 32.1. The number of carbonyl (C=O) groups is 1. The first-order valence-electron chi connectivity index (χ1n) is 11.5. The summed E-state index contributed by atoms with van der Waals surface area (Å²) in [4.78, 5) is 22.0. The summed E-state index contributed by atoms with van der Waals surface area (Å²) in [6, 6.07) is 17.4. The van der Waals surface area contributed by atoms with E-state index < -0.39 is 5.82 Å². The SMILES string of the molecule is CCn1cnc(-c2cc3nccc(Oc4ccc(NC(=S)NC(=O)Cc5ccccc5)cc4F)c3s2)c1. The zero-order valence-electron chi connectivity index (χ0n) is 19.8. The van der Waals surface area contributed by atoms with Crippen LogP contribution in [0.15, 0.2) is 79.4 Å². The third-order valence-corrected chi connectivity index (χ3v) is 6.86. The van der Waals surface area contributed by atoms with Gasteiger partial charge in [-0.25, -0.2) is 9.37 Å². The molecule has 0 atom stereocenters. The van der Waals surface area contributed by atoms with Crippen LogP contribution in [0, 0.1) is 5.82 Å². The molecule has 0 aliphatic heterocycles. The molecule has 186 valence electrons. The molecule has 2 aromatic carbocycles. The van der Waals surface area contributed by atoms with Crippen molar-refractivity contribution in [1.29, 1.82) is 0 Å². The monoisotopic (exact) mass is 531 g/mol. The molecule has 0 radical (unpaired) electrons. The Morgan fingerprint density at radius 1 is 1.11 bits per heavy atom. The van der Waals surface area contributed by atoms with Crippen molar-refractivity contribution in [2.24, 2.45) is 0 Å². The van der Waals surface area contributed by atoms with Crippen LogP contribution in [0.25, 0.3) is 20.8 Å². The summed E-state index contributed by atoms with van der Waals surface area (Å²) < 4.78 is 23.7. The number of rotatable bonds is 7. The summed E-state index contributed by atoms with van der Waals surface area (Å²) in [6.07, 6.45) is 5.58. The fraction of sp³-hybridized carbons (Fsp3) is 0.111. The molecular weight excluding hydrogens is 509 g/mol. The van der Waals surface area contributed by atoms with Crippen LogP contribution in [0.4, 0.5) is 10.1 Å². The van der Waals surface area contributed by atoms with Crippen LogP contribution < -0.4 is 15.4 Å². The minimum absolute atomic E-state index is 0.0577. The van der Waals surface area contributed by atoms with Crippen molar-refractivity contribution in [1.82, 2.24) is 19.9 Å². The predicted octanol–water partition coefficient (Wildman–Crippen LogP) is 6.17. The number of anilines is 1. The van der Waals surface area contributed by atoms with Crippen LogP contribution in [-0.4, -0.2) is 25.6 Å². The topological polar surface area (TPSA) is 81.1 Å². The minimum Gasteiger partial charge on any atom is -0.453 e. The molecule has 37 heavy (non-hydrogen) atoms. The number of amides is 1. The molecule has 0 bridgehead atoms. The summed E-state index contributed by atoms with van der Waals surface area (Å²) in [6.45, 7) is 2.88. The van der Waals surface area contributed by atoms with Crippen molar-refractivity contribution in [2.45, 2.75) is 19.9 Å². The van der Waals surface area contributed by atoms with Crippen LogP contribution in [0.1, 0.15) is 12.5 Å². The Labute approximate surface area is 222 Å². The van der Waals surface area contributed by atoms with Crippen molar-refractivity contribution in [3.05, 3.63) is 90.8 Å². The molecule has 2 N–H and O–H groups in total. The van der Waals surface area contributed by atoms with Gasteiger partial charge in [-0.2, -0.15) is 0 Å². The molecule has 0 spiro atoms. The van der Waals surface area contributed by atoms with E-state index in [1.165, 1.54) is 23.5 Å². The Morgan fingerprint density at radius 2 is 1.95 bits per heavy atom. The molecule has 0 fully saturated rings. The normalized spacial score (nSPS) is 10.9. The van der Waals surface area contributed by atoms with Gasteiger partial charge in [-0.1, -0.05) is 30.3 Å². The average molecular weight is 532 g/mol. The van der Waals surface area contributed by atoms with E-state index >= 15 is 0 Å². The lowest BCUT2D eigenvalue weighted by molar-refractivity contribution is -0.119. The standard InChI is InChI=1S/C27H22FN5O2S2/c1-2-33-15-21(30-16-33)24-14-20-26(37-24)23(10-11-29-20)35-22-9-8-18(13-19(22)28)31-27(36)32-25(34)12-17-6-4-3-5-7-17/h3-11,13-16H,2,12H2,1H3,(H2,31,32,34,36). The van der Waals surface area contributed by atoms with Gasteiger partial charge in [0.1, 0.15) is 5.75 Å². The predicted molar refractivity (Wildman–Crippen MR) is 147 cm³/mol. The number of aromatic nitrogens is 3. The molecule has 0 unspecified atom stereocenters. The van der Waals surface area contributed by atoms with E-state index in [2.05, 4.69) is 27.5 Å². The van der Waals surface area contributed by atoms with Crippen LogP contribution in [-0.2, 0) is 17.8 Å². The summed E-state index contributed by atoms with van der Waals surface area (Å²) in [5.41, 5.74) is 2.86. The van der Waals surface area contributed by atoms with Crippen LogP contribution in [0.3, 0.4) is 0 Å². The lowest BCUT2D eigenvalue weighted by Gasteiger charge is -2.12. The summed E-state index contributed by atoms with van der Waals surface area (Å²) in [7, 11) is 0. The molecule has 0 aliphatic rings. The number of nitrogens with zero attached hydrogens (tertiary/aromatic N) is 3. The van der Waals surface area contributed by atoms with E-state index in [4.69, 9.17) is 17.0 Å². The van der Waals surface area contributed by atoms with Gasteiger partial charge in [-0.3, -0.25) is 9.78 Å². The molecule has 3 aromatic heterocycles. The number of thiophene rings is 1. The van der Waals surface area contributed by atoms with Gasteiger partial charge in [-0.05, 0) is 42.9 Å². The molecule has 5 aromatic rings. The molecule has 0 saturated carbocycles. The smallest absolute Gasteiger partial charge is 0.230 e. The highest BCUT2D eigenvalue weighted by Crippen LogP contribution is 2.39. The second kappa shape index (κ2) is 10.9. The van der Waals surface area contributed by atoms with Crippen molar-refractivity contribution in [3.8, 4) is 22.1 Å². The van der Waals surface area contributed by atoms with Gasteiger partial charge >= 0.3 is 0 Å². The zero-order valence-corrected chi connectivity index (χ0v) is 21.4. The molecule has 0 saturated heterocycles. The second-order valence-electron chi connectivity index (χ2n) is 8.14. The van der Waals surface area contributed by atoms with E-state index in [0.29, 0.717) is 11.4 Å². The number of thiocarbonyl (C=S) groups is 1. The van der Waals surface area contributed by atoms with Crippen molar-refractivity contribution < 1.29 is 13.9 Å². The summed E-state index contributed by atoms with van der Waals surface area (Å²) in [5.74, 6) is -0.281. The Morgan fingerprint density at radius 3 is 2.70 bits per heavy atom. The van der Waals surface area contributed by atoms with Gasteiger partial charge in [0.2, 0.25) is 5.91 Å². The number of halogens is 1. The number of imidazole rings is 1. The number of nitrogens with one attached hydrogen (secondary N) is 2. The molecule has 0 aliphatic carbocycles. The fourth-order valence-electron chi connectivity index (χ4n) is 3.68. The number of carbonyl (C=O) groups excluding carboxylic acids is 1. The lowest BCUT2D eigenvalue weighted by Crippen LogP contribution is -2.35. The first kappa shape index (κ1) is 24.5. The quantitative estimate of drug-likeness (QED) is 0.245. The van der Waals surface area contributed by atoms with Crippen molar-refractivity contribution in [3.63, 3.8) is 0 Å². The molecule has 5 rings (SSSR count). The van der Waals surface area contributed by atoms with Gasteiger partial charge in [0, 0.05) is 36.8 Å². The number of ether oxygens (including phenoxy) is 1. The van der Waals surface area contributed by atoms with E-state index in [0.717, 1.165) is 32.9 Å². The van der Waals surface area contributed by atoms with Gasteiger partial charge < -0.3 is 19.9 Å². The van der Waals surface area contributed by atoms with Crippen LogP contribution in [0.2, 0.25) is 0 Å². The molecule has 1 amide bonds. The molecular formula is C27H22FN5O2S2. The minimum atomic E-state index is -0.577. The average Bonchev–Trinajstić information content (AvgIpc) is 3.54. The highest BCUT2D eigenvalue weighted by molar-refractivity contribution is 7.80. The maximum Gasteiger partial charge on any atom is 0.230 e. The maximum absolute atomic E-state index is 14.9. The first-order valence-corrected chi connectivity index (χ1v) is 12.7. The lowest BCUT2D eigenvalue weighted by atomic mass is 10.1. The van der Waals surface area contributed by atoms with Crippen molar-refractivity contribution >= 4 is 50.5 Å². The Hall–Kier alpha value is -4.15. The van der Waals surface area contributed by atoms with Gasteiger partial charge in [0.05, 0.1) is 33.5 Å². The zero-order chi connectivity index (χ0) is 25.8. The maximum atomic E-state index is 14.9. The van der Waals surface area contributed by atoms with Crippen molar-refractivity contribution in [2.75, 3.05) is 5.32 Å². The number of hydrogen-bond acceptors (Lipinski definition) is 6. The summed E-state index contributed by atoms with van der Waals surface area (Å²) in [5, 5.41) is 5.53. The molecule has 10 heteroatoms. The second-order valence-corrected chi connectivity index (χ2v) is 9.60. The van der Waals surface area contributed by atoms with Crippen LogP contribution in [0.5, 0.6) is 11.5 Å². The highest BCUT2D eigenvalue weighted by Gasteiger charge is 2.15. The molecule has 7 nitrogen and oxygen atoms in total. The number of hydrogen-bond donors (Lipinski definition) is 2. The Kier molecular flexibility index (Phi) is 7.20. The first-order chi connectivity index (χ1) is 18.0. The van der Waals surface area contributed by atoms with Crippen LogP contribution >= 0.6 is 23.6 Å². The van der Waals surface area contributed by atoms with E-state index in [1.54, 1.807) is 24.7 Å².